The third kappa shape index (κ3) is 4.24. The van der Waals surface area contributed by atoms with Gasteiger partial charge >= 0.3 is 12.0 Å². The molecule has 0 saturated carbocycles. The van der Waals surface area contributed by atoms with Crippen molar-refractivity contribution in [3.8, 4) is 0 Å². The first kappa shape index (κ1) is 17.6. The molecule has 2 saturated heterocycles. The highest BCUT2D eigenvalue weighted by Gasteiger charge is 2.27. The molecular formula is C19H27N3O3. The summed E-state index contributed by atoms with van der Waals surface area (Å²) in [6, 6.07) is 8.19. The third-order valence-corrected chi connectivity index (χ3v) is 5.31. The molecule has 2 aliphatic rings. The maximum Gasteiger partial charge on any atom is 0.317 e. The Hall–Kier alpha value is -2.24. The highest BCUT2D eigenvalue weighted by Crippen LogP contribution is 2.24. The van der Waals surface area contributed by atoms with E-state index < -0.39 is 5.97 Å². The maximum absolute atomic E-state index is 12.5. The van der Waals surface area contributed by atoms with Gasteiger partial charge in [-0.05, 0) is 50.3 Å². The lowest BCUT2D eigenvalue weighted by atomic mass is 9.97. The molecule has 0 spiro atoms. The number of benzene rings is 1. The van der Waals surface area contributed by atoms with Crippen molar-refractivity contribution in [3.05, 3.63) is 29.8 Å². The smallest absolute Gasteiger partial charge is 0.317 e. The Balaban J connectivity index is 1.56. The number of carbonyl (C=O) groups is 2. The van der Waals surface area contributed by atoms with E-state index >= 15 is 0 Å². The Kier molecular flexibility index (Phi) is 5.46. The van der Waals surface area contributed by atoms with E-state index in [1.165, 1.54) is 18.5 Å². The first-order chi connectivity index (χ1) is 12.0. The number of likely N-dealkylation sites (tertiary alicyclic amines) is 1. The molecule has 2 N–H and O–H groups in total. The minimum absolute atomic E-state index is 0.0766. The van der Waals surface area contributed by atoms with Gasteiger partial charge in [-0.3, -0.25) is 4.79 Å². The zero-order valence-electron chi connectivity index (χ0n) is 14.8. The van der Waals surface area contributed by atoms with Crippen molar-refractivity contribution in [1.82, 2.24) is 10.2 Å². The SMILES string of the molecule is CC(NC(=O)N1CCC(C(=O)O)CC1)c1cccc(N2CCCC2)c1. The Morgan fingerprint density at radius 1 is 1.16 bits per heavy atom. The molecule has 0 aromatic heterocycles. The molecule has 6 heteroatoms. The van der Waals surface area contributed by atoms with Crippen LogP contribution in [0.4, 0.5) is 10.5 Å². The number of rotatable bonds is 4. The second kappa shape index (κ2) is 7.76. The Morgan fingerprint density at radius 3 is 2.48 bits per heavy atom. The van der Waals surface area contributed by atoms with Gasteiger partial charge in [0.15, 0.2) is 0 Å². The lowest BCUT2D eigenvalue weighted by Gasteiger charge is -2.31. The summed E-state index contributed by atoms with van der Waals surface area (Å²) >= 11 is 0. The van der Waals surface area contributed by atoms with Gasteiger partial charge in [-0.1, -0.05) is 12.1 Å². The number of urea groups is 1. The van der Waals surface area contributed by atoms with Gasteiger partial charge < -0.3 is 20.2 Å². The summed E-state index contributed by atoms with van der Waals surface area (Å²) in [5.41, 5.74) is 2.32. The summed E-state index contributed by atoms with van der Waals surface area (Å²) in [5, 5.41) is 12.1. The molecule has 2 fully saturated rings. The predicted octanol–water partition coefficient (Wildman–Crippen LogP) is 2.85. The van der Waals surface area contributed by atoms with Gasteiger partial charge in [-0.25, -0.2) is 4.79 Å². The zero-order chi connectivity index (χ0) is 17.8. The molecule has 0 radical (unpaired) electrons. The minimum Gasteiger partial charge on any atom is -0.481 e. The second-order valence-electron chi connectivity index (χ2n) is 7.06. The highest BCUT2D eigenvalue weighted by atomic mass is 16.4. The molecule has 2 amide bonds. The van der Waals surface area contributed by atoms with E-state index in [1.807, 2.05) is 19.1 Å². The fourth-order valence-corrected chi connectivity index (χ4v) is 3.66. The van der Waals surface area contributed by atoms with Crippen LogP contribution in [0.15, 0.2) is 24.3 Å². The molecule has 0 bridgehead atoms. The normalized spacial score (nSPS) is 19.7. The van der Waals surface area contributed by atoms with E-state index in [0.29, 0.717) is 25.9 Å². The van der Waals surface area contributed by atoms with Crippen LogP contribution in [0.1, 0.15) is 44.2 Å². The third-order valence-electron chi connectivity index (χ3n) is 5.31. The molecule has 1 atom stereocenters. The molecule has 1 aromatic carbocycles. The summed E-state index contributed by atoms with van der Waals surface area (Å²) in [7, 11) is 0. The zero-order valence-corrected chi connectivity index (χ0v) is 14.8. The molecule has 3 rings (SSSR count). The van der Waals surface area contributed by atoms with Gasteiger partial charge in [0.1, 0.15) is 0 Å². The number of hydrogen-bond donors (Lipinski definition) is 2. The molecule has 2 heterocycles. The molecule has 2 aliphatic heterocycles. The number of amides is 2. The van der Waals surface area contributed by atoms with E-state index in [4.69, 9.17) is 5.11 Å². The van der Waals surface area contributed by atoms with Crippen LogP contribution in [-0.2, 0) is 4.79 Å². The summed E-state index contributed by atoms with van der Waals surface area (Å²) in [6.45, 7) is 5.20. The van der Waals surface area contributed by atoms with E-state index in [2.05, 4.69) is 22.3 Å². The van der Waals surface area contributed by atoms with Gasteiger partial charge in [0, 0.05) is 31.9 Å². The summed E-state index contributed by atoms with van der Waals surface area (Å²) in [6.07, 6.45) is 3.54. The number of nitrogens with zero attached hydrogens (tertiary/aromatic N) is 2. The van der Waals surface area contributed by atoms with Crippen molar-refractivity contribution < 1.29 is 14.7 Å². The number of carboxylic acid groups (broad SMARTS) is 1. The van der Waals surface area contributed by atoms with Crippen LogP contribution in [0.5, 0.6) is 0 Å². The van der Waals surface area contributed by atoms with E-state index in [0.717, 1.165) is 18.7 Å². The molecular weight excluding hydrogens is 318 g/mol. The Bertz CT molecular complexity index is 620. The molecule has 1 aromatic rings. The van der Waals surface area contributed by atoms with Crippen LogP contribution in [0.2, 0.25) is 0 Å². The molecule has 0 aliphatic carbocycles. The Labute approximate surface area is 148 Å². The summed E-state index contributed by atoms with van der Waals surface area (Å²) in [4.78, 5) is 27.6. The fraction of sp³-hybridized carbons (Fsp3) is 0.579. The molecule has 25 heavy (non-hydrogen) atoms. The van der Waals surface area contributed by atoms with Crippen molar-refractivity contribution in [2.45, 2.75) is 38.6 Å². The van der Waals surface area contributed by atoms with Crippen LogP contribution in [0.25, 0.3) is 0 Å². The first-order valence-electron chi connectivity index (χ1n) is 9.18. The van der Waals surface area contributed by atoms with Crippen LogP contribution in [0, 0.1) is 5.92 Å². The van der Waals surface area contributed by atoms with Gasteiger partial charge in [-0.2, -0.15) is 0 Å². The number of nitrogens with one attached hydrogen (secondary N) is 1. The van der Waals surface area contributed by atoms with Crippen LogP contribution >= 0.6 is 0 Å². The van der Waals surface area contributed by atoms with Crippen molar-refractivity contribution in [2.24, 2.45) is 5.92 Å². The molecule has 136 valence electrons. The standard InChI is InChI=1S/C19H27N3O3/c1-14(16-5-4-6-17(13-16)21-9-2-3-10-21)20-19(25)22-11-7-15(8-12-22)18(23)24/h4-6,13-15H,2-3,7-12H2,1H3,(H,20,25)(H,23,24). The second-order valence-corrected chi connectivity index (χ2v) is 7.06. The summed E-state index contributed by atoms with van der Waals surface area (Å²) in [5.74, 6) is -1.08. The van der Waals surface area contributed by atoms with Crippen molar-refractivity contribution in [2.75, 3.05) is 31.1 Å². The van der Waals surface area contributed by atoms with Crippen molar-refractivity contribution in [1.29, 1.82) is 0 Å². The number of anilines is 1. The number of carboxylic acids is 1. The quantitative estimate of drug-likeness (QED) is 0.880. The maximum atomic E-state index is 12.5. The number of piperidine rings is 1. The summed E-state index contributed by atoms with van der Waals surface area (Å²) < 4.78 is 0. The van der Waals surface area contributed by atoms with E-state index in [9.17, 15) is 9.59 Å². The molecule has 1 unspecified atom stereocenters. The largest absolute Gasteiger partial charge is 0.481 e. The van der Waals surface area contributed by atoms with Gasteiger partial charge in [0.05, 0.1) is 12.0 Å². The van der Waals surface area contributed by atoms with Gasteiger partial charge in [-0.15, -0.1) is 0 Å². The number of aliphatic carboxylic acids is 1. The van der Waals surface area contributed by atoms with Crippen LogP contribution in [0.3, 0.4) is 0 Å². The minimum atomic E-state index is -0.757. The highest BCUT2D eigenvalue weighted by molar-refractivity contribution is 5.76. The number of carbonyl (C=O) groups excluding carboxylic acids is 1. The lowest BCUT2D eigenvalue weighted by molar-refractivity contribution is -0.143. The van der Waals surface area contributed by atoms with Crippen LogP contribution in [-0.4, -0.2) is 48.2 Å². The topological polar surface area (TPSA) is 72.9 Å². The van der Waals surface area contributed by atoms with E-state index in [-0.39, 0.29) is 18.0 Å². The average molecular weight is 345 g/mol. The Morgan fingerprint density at radius 2 is 1.84 bits per heavy atom. The first-order valence-corrected chi connectivity index (χ1v) is 9.18. The van der Waals surface area contributed by atoms with Crippen molar-refractivity contribution >= 4 is 17.7 Å². The van der Waals surface area contributed by atoms with Gasteiger partial charge in [0.25, 0.3) is 0 Å². The monoisotopic (exact) mass is 345 g/mol. The van der Waals surface area contributed by atoms with Crippen LogP contribution < -0.4 is 10.2 Å². The number of hydrogen-bond acceptors (Lipinski definition) is 3. The molecule has 6 nitrogen and oxygen atoms in total. The average Bonchev–Trinajstić information content (AvgIpc) is 3.16. The van der Waals surface area contributed by atoms with Gasteiger partial charge in [0.2, 0.25) is 0 Å². The van der Waals surface area contributed by atoms with E-state index in [1.54, 1.807) is 4.90 Å². The fourth-order valence-electron chi connectivity index (χ4n) is 3.66. The lowest BCUT2D eigenvalue weighted by Crippen LogP contribution is -2.46. The predicted molar refractivity (Wildman–Crippen MR) is 96.8 cm³/mol. The van der Waals surface area contributed by atoms with Crippen molar-refractivity contribution in [3.63, 3.8) is 0 Å².